The number of phenolic OH excluding ortho intramolecular Hbond substituents is 1. The normalized spacial score (nSPS) is 12.5. The average molecular weight is 557 g/mol. The van der Waals surface area contributed by atoms with Crippen molar-refractivity contribution in [3.8, 4) is 5.75 Å². The number of benzene rings is 4. The van der Waals surface area contributed by atoms with Crippen LogP contribution in [-0.4, -0.2) is 42.1 Å². The molecular weight excluding hydrogens is 540 g/mol. The Balaban J connectivity index is 1.69. The smallest absolute Gasteiger partial charge is 0.338 e. The van der Waals surface area contributed by atoms with E-state index in [9.17, 15) is 36.4 Å². The summed E-state index contributed by atoms with van der Waals surface area (Å²) in [5, 5.41) is 35.7. The summed E-state index contributed by atoms with van der Waals surface area (Å²) >= 11 is 0. The first-order valence-corrected chi connectivity index (χ1v) is 13.2. The Labute approximate surface area is 214 Å². The molecule has 0 bridgehead atoms. The van der Waals surface area contributed by atoms with Crippen LogP contribution in [0, 0.1) is 0 Å². The van der Waals surface area contributed by atoms with E-state index in [4.69, 9.17) is 4.55 Å². The second-order valence-electron chi connectivity index (χ2n) is 7.64. The summed E-state index contributed by atoms with van der Waals surface area (Å²) in [6.07, 6.45) is 0. The van der Waals surface area contributed by atoms with Gasteiger partial charge in [-0.15, -0.1) is 10.2 Å². The van der Waals surface area contributed by atoms with Gasteiger partial charge in [0.25, 0.3) is 20.2 Å². The molecule has 4 aromatic carbocycles. The van der Waals surface area contributed by atoms with Crippen molar-refractivity contribution in [1.29, 1.82) is 0 Å². The van der Waals surface area contributed by atoms with Crippen molar-refractivity contribution < 1.29 is 40.9 Å². The van der Waals surface area contributed by atoms with Gasteiger partial charge in [-0.1, -0.05) is 24.3 Å². The molecule has 0 atom stereocenters. The van der Waals surface area contributed by atoms with E-state index in [0.29, 0.717) is 0 Å². The summed E-state index contributed by atoms with van der Waals surface area (Å²) in [5.74, 6) is -1.83. The van der Waals surface area contributed by atoms with Gasteiger partial charge in [0.05, 0.1) is 21.8 Å². The molecule has 0 aliphatic rings. The maximum atomic E-state index is 11.9. The molecule has 38 heavy (non-hydrogen) atoms. The average Bonchev–Trinajstić information content (AvgIpc) is 2.86. The first-order chi connectivity index (χ1) is 17.8. The largest absolute Gasteiger partial charge is 0.505 e. The minimum atomic E-state index is -4.69. The van der Waals surface area contributed by atoms with Crippen molar-refractivity contribution in [2.75, 3.05) is 0 Å². The van der Waals surface area contributed by atoms with Crippen molar-refractivity contribution in [3.05, 3.63) is 78.4 Å². The third-order valence-corrected chi connectivity index (χ3v) is 6.89. The van der Waals surface area contributed by atoms with Crippen molar-refractivity contribution >= 4 is 59.7 Å². The van der Waals surface area contributed by atoms with E-state index in [0.717, 1.165) is 24.3 Å². The molecule has 0 radical (unpaired) electrons. The molecule has 0 saturated carbocycles. The van der Waals surface area contributed by atoms with Crippen LogP contribution in [0.2, 0.25) is 0 Å². The highest BCUT2D eigenvalue weighted by atomic mass is 32.2. The molecule has 0 amide bonds. The van der Waals surface area contributed by atoms with Crippen molar-refractivity contribution in [1.82, 2.24) is 0 Å². The van der Waals surface area contributed by atoms with E-state index in [1.807, 2.05) is 0 Å². The van der Waals surface area contributed by atoms with E-state index in [2.05, 4.69) is 20.5 Å². The minimum Gasteiger partial charge on any atom is -0.505 e. The first-order valence-electron chi connectivity index (χ1n) is 10.3. The van der Waals surface area contributed by atoms with Gasteiger partial charge in [0.15, 0.2) is 5.75 Å². The van der Waals surface area contributed by atoms with Crippen LogP contribution in [0.15, 0.2) is 103 Å². The highest BCUT2D eigenvalue weighted by Gasteiger charge is 2.20. The summed E-state index contributed by atoms with van der Waals surface area (Å²) in [7, 11) is -9.06. The van der Waals surface area contributed by atoms with Crippen LogP contribution >= 0.6 is 0 Å². The molecule has 0 unspecified atom stereocenters. The van der Waals surface area contributed by atoms with E-state index in [-0.39, 0.29) is 44.0 Å². The van der Waals surface area contributed by atoms with Crippen LogP contribution in [0.4, 0.5) is 22.7 Å². The second kappa shape index (κ2) is 10.1. The van der Waals surface area contributed by atoms with E-state index in [1.165, 1.54) is 48.5 Å². The van der Waals surface area contributed by atoms with Gasteiger partial charge in [-0.25, -0.2) is 4.79 Å². The lowest BCUT2D eigenvalue weighted by atomic mass is 10.1. The number of hydrogen-bond acceptors (Lipinski definition) is 10. The number of fused-ring (bicyclic) bond motifs is 1. The fraction of sp³-hybridized carbons (Fsp3) is 0. The zero-order valence-corrected chi connectivity index (χ0v) is 20.5. The van der Waals surface area contributed by atoms with Gasteiger partial charge in [0.1, 0.15) is 16.3 Å². The number of azo groups is 2. The summed E-state index contributed by atoms with van der Waals surface area (Å²) < 4.78 is 64.6. The number of nitrogens with zero attached hydrogens (tertiary/aromatic N) is 4. The Morgan fingerprint density at radius 1 is 0.658 bits per heavy atom. The topological polar surface area (TPSA) is 216 Å². The molecule has 13 nitrogen and oxygen atoms in total. The number of carboxylic acids is 1. The van der Waals surface area contributed by atoms with E-state index in [1.54, 1.807) is 0 Å². The zero-order valence-electron chi connectivity index (χ0n) is 18.9. The molecule has 0 aliphatic carbocycles. The lowest BCUT2D eigenvalue weighted by Gasteiger charge is -2.08. The maximum Gasteiger partial charge on any atom is 0.338 e. The third-order valence-electron chi connectivity index (χ3n) is 5.13. The molecule has 15 heteroatoms. The Hall–Kier alpha value is -4.57. The van der Waals surface area contributed by atoms with Gasteiger partial charge in [-0.05, 0) is 48.5 Å². The Morgan fingerprint density at radius 2 is 1.24 bits per heavy atom. The highest BCUT2D eigenvalue weighted by Crippen LogP contribution is 2.40. The molecule has 0 aliphatic heterocycles. The lowest BCUT2D eigenvalue weighted by Crippen LogP contribution is -1.99. The Morgan fingerprint density at radius 3 is 1.84 bits per heavy atom. The van der Waals surface area contributed by atoms with E-state index >= 15 is 0 Å². The molecule has 4 aromatic rings. The minimum absolute atomic E-state index is 0.0556. The van der Waals surface area contributed by atoms with Gasteiger partial charge < -0.3 is 10.2 Å². The summed E-state index contributed by atoms with van der Waals surface area (Å²) in [6.45, 7) is 0. The molecule has 0 aromatic heterocycles. The van der Waals surface area contributed by atoms with Gasteiger partial charge in [0, 0.05) is 10.8 Å². The van der Waals surface area contributed by atoms with Crippen molar-refractivity contribution in [2.24, 2.45) is 20.5 Å². The highest BCUT2D eigenvalue weighted by molar-refractivity contribution is 7.86. The predicted octanol–water partition coefficient (Wildman–Crippen LogP) is 5.57. The summed E-state index contributed by atoms with van der Waals surface area (Å²) in [4.78, 5) is 11.0. The van der Waals surface area contributed by atoms with Gasteiger partial charge in [0.2, 0.25) is 0 Å². The second-order valence-corrected chi connectivity index (χ2v) is 10.5. The molecule has 0 heterocycles. The number of aromatic carboxylic acids is 1. The molecule has 0 spiro atoms. The van der Waals surface area contributed by atoms with Crippen LogP contribution in [0.1, 0.15) is 10.4 Å². The Bertz CT molecular complexity index is 1850. The van der Waals surface area contributed by atoms with E-state index < -0.39 is 36.9 Å². The number of phenols is 1. The zero-order chi connectivity index (χ0) is 27.7. The van der Waals surface area contributed by atoms with Crippen LogP contribution in [0.5, 0.6) is 5.75 Å². The van der Waals surface area contributed by atoms with Gasteiger partial charge >= 0.3 is 5.97 Å². The van der Waals surface area contributed by atoms with Crippen LogP contribution in [0.3, 0.4) is 0 Å². The fourth-order valence-electron chi connectivity index (χ4n) is 3.36. The van der Waals surface area contributed by atoms with Crippen LogP contribution in [-0.2, 0) is 20.2 Å². The molecule has 0 saturated heterocycles. The predicted molar refractivity (Wildman–Crippen MR) is 133 cm³/mol. The summed E-state index contributed by atoms with van der Waals surface area (Å²) in [6, 6.07) is 15.3. The first kappa shape index (κ1) is 26.5. The van der Waals surface area contributed by atoms with Crippen LogP contribution < -0.4 is 0 Å². The standard InChI is InChI=1S/C23H16N4O9S2/c28-22-17-4-2-1-3-16(17)21(38(34,35)36)12-20(22)27-26-19-10-7-14(11-18(19)23(29)30)25-24-13-5-8-15(9-6-13)37(31,32)33/h1-12,28H,(H,29,30)(H,31,32,33)(H,34,35,36)/b25-24+,27-26+. The number of carboxylic acid groups (broad SMARTS) is 1. The summed E-state index contributed by atoms with van der Waals surface area (Å²) in [5.41, 5.74) is -0.510. The Kier molecular flexibility index (Phi) is 7.01. The molecule has 194 valence electrons. The lowest BCUT2D eigenvalue weighted by molar-refractivity contribution is 0.0697. The number of aromatic hydroxyl groups is 1. The molecular formula is C23H16N4O9S2. The number of hydrogen-bond donors (Lipinski definition) is 4. The van der Waals surface area contributed by atoms with Gasteiger partial charge in [-0.2, -0.15) is 27.1 Å². The number of carbonyl (C=O) groups is 1. The molecule has 4 rings (SSSR count). The maximum absolute atomic E-state index is 11.9. The van der Waals surface area contributed by atoms with Crippen LogP contribution in [0.25, 0.3) is 10.8 Å². The SMILES string of the molecule is O=C(O)c1cc(/N=N/c2ccc(S(=O)(=O)O)cc2)ccc1/N=N/c1cc(S(=O)(=O)O)c2ccccc2c1O. The quantitative estimate of drug-likeness (QED) is 0.165. The molecule has 4 N–H and O–H groups in total. The molecule has 0 fully saturated rings. The monoisotopic (exact) mass is 556 g/mol. The van der Waals surface area contributed by atoms with Gasteiger partial charge in [-0.3, -0.25) is 9.11 Å². The fourth-order valence-corrected chi connectivity index (χ4v) is 4.55. The third kappa shape index (κ3) is 5.70. The van der Waals surface area contributed by atoms with Crippen molar-refractivity contribution in [2.45, 2.75) is 9.79 Å². The number of rotatable bonds is 7. The van der Waals surface area contributed by atoms with Crippen molar-refractivity contribution in [3.63, 3.8) is 0 Å².